The van der Waals surface area contributed by atoms with Crippen molar-refractivity contribution in [3.8, 4) is 0 Å². The van der Waals surface area contributed by atoms with Crippen molar-refractivity contribution in [3.63, 3.8) is 0 Å². The van der Waals surface area contributed by atoms with E-state index >= 15 is 0 Å². The van der Waals surface area contributed by atoms with Gasteiger partial charge in [-0.15, -0.1) is 0 Å². The summed E-state index contributed by atoms with van der Waals surface area (Å²) in [6.07, 6.45) is 2.11. The molecule has 6 heteroatoms. The molecule has 0 fully saturated rings. The number of hydrogen-bond donors (Lipinski definition) is 1. The molecule has 0 aliphatic carbocycles. The molecule has 6 nitrogen and oxygen atoms in total. The lowest BCUT2D eigenvalue weighted by Crippen LogP contribution is -2.37. The number of anilines is 1. The van der Waals surface area contributed by atoms with Crippen LogP contribution in [-0.2, 0) is 17.7 Å². The van der Waals surface area contributed by atoms with E-state index in [1.54, 1.807) is 18.2 Å². The number of aromatic amines is 1. The minimum absolute atomic E-state index is 0.204. The summed E-state index contributed by atoms with van der Waals surface area (Å²) in [6, 6.07) is 13.5. The van der Waals surface area contributed by atoms with Gasteiger partial charge in [-0.1, -0.05) is 18.2 Å². The number of esters is 1. The Morgan fingerprint density at radius 1 is 1.30 bits per heavy atom. The lowest BCUT2D eigenvalue weighted by molar-refractivity contribution is 0.0601. The fourth-order valence-electron chi connectivity index (χ4n) is 3.67. The van der Waals surface area contributed by atoms with Gasteiger partial charge in [-0.3, -0.25) is 4.79 Å². The number of benzene rings is 2. The lowest BCUT2D eigenvalue weighted by atomic mass is 9.96. The number of fused-ring (bicyclic) bond motifs is 2. The summed E-state index contributed by atoms with van der Waals surface area (Å²) < 4.78 is 4.76. The Labute approximate surface area is 156 Å². The van der Waals surface area contributed by atoms with Gasteiger partial charge in [-0.2, -0.15) is 0 Å². The zero-order chi connectivity index (χ0) is 19.0. The molecule has 0 saturated heterocycles. The van der Waals surface area contributed by atoms with E-state index in [1.165, 1.54) is 18.4 Å². The molecule has 2 heterocycles. The van der Waals surface area contributed by atoms with Crippen molar-refractivity contribution in [1.82, 2.24) is 9.97 Å². The van der Waals surface area contributed by atoms with E-state index in [2.05, 4.69) is 40.0 Å². The first-order chi connectivity index (χ1) is 13.1. The summed E-state index contributed by atoms with van der Waals surface area (Å²) in [4.78, 5) is 34.0. The number of nitrogens with zero attached hydrogens (tertiary/aromatic N) is 2. The molecule has 0 amide bonds. The number of ether oxygens (including phenoxy) is 1. The second-order valence-electron chi connectivity index (χ2n) is 6.88. The molecule has 1 N–H and O–H groups in total. The molecule has 0 bridgehead atoms. The van der Waals surface area contributed by atoms with Crippen LogP contribution in [0.4, 0.5) is 5.69 Å². The van der Waals surface area contributed by atoms with Gasteiger partial charge in [0.1, 0.15) is 5.82 Å². The van der Waals surface area contributed by atoms with Crippen molar-refractivity contribution in [2.75, 3.05) is 12.0 Å². The molecule has 138 valence electrons. The van der Waals surface area contributed by atoms with E-state index in [9.17, 15) is 9.59 Å². The molecule has 4 rings (SSSR count). The zero-order valence-electron chi connectivity index (χ0n) is 15.4. The third-order valence-corrected chi connectivity index (χ3v) is 5.16. The van der Waals surface area contributed by atoms with E-state index in [-0.39, 0.29) is 5.56 Å². The van der Waals surface area contributed by atoms with E-state index < -0.39 is 5.97 Å². The van der Waals surface area contributed by atoms with Crippen molar-refractivity contribution in [1.29, 1.82) is 0 Å². The van der Waals surface area contributed by atoms with Gasteiger partial charge < -0.3 is 14.6 Å². The van der Waals surface area contributed by atoms with Gasteiger partial charge in [0, 0.05) is 11.7 Å². The van der Waals surface area contributed by atoms with Gasteiger partial charge in [-0.05, 0) is 49.6 Å². The zero-order valence-corrected chi connectivity index (χ0v) is 15.4. The van der Waals surface area contributed by atoms with Crippen molar-refractivity contribution in [2.45, 2.75) is 32.4 Å². The van der Waals surface area contributed by atoms with Crippen LogP contribution in [0.2, 0.25) is 0 Å². The van der Waals surface area contributed by atoms with Crippen LogP contribution in [0.5, 0.6) is 0 Å². The van der Waals surface area contributed by atoms with E-state index in [1.807, 2.05) is 6.07 Å². The average Bonchev–Trinajstić information content (AvgIpc) is 2.69. The van der Waals surface area contributed by atoms with Crippen molar-refractivity contribution in [3.05, 3.63) is 69.8 Å². The molecule has 1 unspecified atom stereocenters. The van der Waals surface area contributed by atoms with Crippen LogP contribution in [0.25, 0.3) is 10.9 Å². The third-order valence-electron chi connectivity index (χ3n) is 5.16. The quantitative estimate of drug-likeness (QED) is 0.724. The second-order valence-corrected chi connectivity index (χ2v) is 6.88. The Morgan fingerprint density at radius 3 is 2.93 bits per heavy atom. The van der Waals surface area contributed by atoms with Crippen LogP contribution >= 0.6 is 0 Å². The Hall–Kier alpha value is -3.15. The monoisotopic (exact) mass is 363 g/mol. The number of para-hydroxylation sites is 1. The van der Waals surface area contributed by atoms with Gasteiger partial charge in [0.2, 0.25) is 0 Å². The number of nitrogens with one attached hydrogen (secondary N) is 1. The standard InChI is InChI=1S/C21H21N3O3/c1-13-7-8-14-5-3-4-6-18(14)24(13)12-19-22-17-11-15(21(26)27-2)9-10-16(17)20(25)23-19/h3-6,9-11,13H,7-8,12H2,1-2H3,(H,22,23,25). The number of methoxy groups -OCH3 is 1. The predicted molar refractivity (Wildman–Crippen MR) is 104 cm³/mol. The number of carbonyl (C=O) groups is 1. The van der Waals surface area contributed by atoms with Gasteiger partial charge in [0.05, 0.1) is 30.1 Å². The number of aromatic nitrogens is 2. The number of rotatable bonds is 3. The Kier molecular flexibility index (Phi) is 4.39. The van der Waals surface area contributed by atoms with E-state index in [0.29, 0.717) is 34.9 Å². The topological polar surface area (TPSA) is 75.3 Å². The molecule has 3 aromatic rings. The first-order valence-electron chi connectivity index (χ1n) is 9.02. The molecule has 0 spiro atoms. The maximum absolute atomic E-state index is 12.5. The van der Waals surface area contributed by atoms with Gasteiger partial charge in [0.25, 0.3) is 5.56 Å². The summed E-state index contributed by atoms with van der Waals surface area (Å²) in [7, 11) is 1.33. The molecule has 1 atom stereocenters. The molecule has 1 aliphatic rings. The highest BCUT2D eigenvalue weighted by Gasteiger charge is 2.23. The molecule has 0 radical (unpaired) electrons. The molecular formula is C21H21N3O3. The summed E-state index contributed by atoms with van der Waals surface area (Å²) in [6.45, 7) is 2.69. The first-order valence-corrected chi connectivity index (χ1v) is 9.02. The smallest absolute Gasteiger partial charge is 0.337 e. The van der Waals surface area contributed by atoms with E-state index in [4.69, 9.17) is 4.74 Å². The highest BCUT2D eigenvalue weighted by molar-refractivity contribution is 5.93. The van der Waals surface area contributed by atoms with Crippen LogP contribution < -0.4 is 10.5 Å². The van der Waals surface area contributed by atoms with Crippen LogP contribution in [0.3, 0.4) is 0 Å². The van der Waals surface area contributed by atoms with Crippen LogP contribution in [-0.4, -0.2) is 29.1 Å². The van der Waals surface area contributed by atoms with Crippen LogP contribution in [0.15, 0.2) is 47.3 Å². The van der Waals surface area contributed by atoms with Gasteiger partial charge >= 0.3 is 5.97 Å². The summed E-state index contributed by atoms with van der Waals surface area (Å²) in [5.74, 6) is 0.136. The van der Waals surface area contributed by atoms with Crippen LogP contribution in [0, 0.1) is 0 Å². The minimum Gasteiger partial charge on any atom is -0.465 e. The van der Waals surface area contributed by atoms with Crippen molar-refractivity contribution >= 4 is 22.6 Å². The third kappa shape index (κ3) is 3.18. The van der Waals surface area contributed by atoms with Crippen molar-refractivity contribution in [2.24, 2.45) is 0 Å². The first kappa shape index (κ1) is 17.3. The number of carbonyl (C=O) groups excluding carboxylic acids is 1. The SMILES string of the molecule is COC(=O)c1ccc2c(=O)[nH]c(CN3c4ccccc4CCC3C)nc2c1. The lowest BCUT2D eigenvalue weighted by Gasteiger charge is -2.36. The maximum atomic E-state index is 12.5. The maximum Gasteiger partial charge on any atom is 0.337 e. The predicted octanol–water partition coefficient (Wildman–Crippen LogP) is 3.05. The number of H-pyrrole nitrogens is 1. The largest absolute Gasteiger partial charge is 0.465 e. The molecule has 1 aromatic heterocycles. The fourth-order valence-corrected chi connectivity index (χ4v) is 3.67. The summed E-state index contributed by atoms with van der Waals surface area (Å²) >= 11 is 0. The molecule has 0 saturated carbocycles. The molecular weight excluding hydrogens is 342 g/mol. The van der Waals surface area contributed by atoms with E-state index in [0.717, 1.165) is 12.8 Å². The Balaban J connectivity index is 1.74. The normalized spacial score (nSPS) is 16.2. The number of hydrogen-bond acceptors (Lipinski definition) is 5. The second kappa shape index (κ2) is 6.87. The number of aryl methyl sites for hydroxylation is 1. The van der Waals surface area contributed by atoms with Crippen molar-refractivity contribution < 1.29 is 9.53 Å². The molecule has 1 aliphatic heterocycles. The Bertz CT molecular complexity index is 1070. The van der Waals surface area contributed by atoms with Crippen LogP contribution in [0.1, 0.15) is 35.1 Å². The summed E-state index contributed by atoms with van der Waals surface area (Å²) in [5, 5.41) is 0.457. The summed E-state index contributed by atoms with van der Waals surface area (Å²) in [5.41, 5.74) is 3.17. The highest BCUT2D eigenvalue weighted by Crippen LogP contribution is 2.31. The minimum atomic E-state index is -0.445. The van der Waals surface area contributed by atoms with Gasteiger partial charge in [0.15, 0.2) is 0 Å². The molecule has 2 aromatic carbocycles. The van der Waals surface area contributed by atoms with Gasteiger partial charge in [-0.25, -0.2) is 9.78 Å². The Morgan fingerprint density at radius 2 is 2.11 bits per heavy atom. The highest BCUT2D eigenvalue weighted by atomic mass is 16.5. The fraction of sp³-hybridized carbons (Fsp3) is 0.286. The average molecular weight is 363 g/mol. The molecule has 27 heavy (non-hydrogen) atoms.